The molecule has 0 aliphatic rings. The Morgan fingerprint density at radius 2 is 2.23 bits per heavy atom. The van der Waals surface area contributed by atoms with E-state index in [2.05, 4.69) is 15.9 Å². The van der Waals surface area contributed by atoms with Gasteiger partial charge in [-0.05, 0) is 12.1 Å². The van der Waals surface area contributed by atoms with Gasteiger partial charge < -0.3 is 10.8 Å². The fourth-order valence-corrected chi connectivity index (χ4v) is 1.55. The number of anilines is 1. The van der Waals surface area contributed by atoms with Gasteiger partial charge in [-0.1, -0.05) is 15.9 Å². The minimum Gasteiger partial charge on any atom is -0.481 e. The molecule has 1 rings (SSSR count). The first-order chi connectivity index (χ1) is 6.00. The van der Waals surface area contributed by atoms with Crippen molar-refractivity contribution < 1.29 is 14.3 Å². The second-order valence-electron chi connectivity index (χ2n) is 2.53. The van der Waals surface area contributed by atoms with Crippen LogP contribution in [0.15, 0.2) is 16.6 Å². The Morgan fingerprint density at radius 3 is 2.69 bits per heavy atom. The molecule has 0 saturated carbocycles. The minimum atomic E-state index is -1.00. The number of benzene rings is 1. The molecule has 0 aromatic heterocycles. The quantitative estimate of drug-likeness (QED) is 0.784. The third-order valence-electron chi connectivity index (χ3n) is 1.52. The van der Waals surface area contributed by atoms with Crippen molar-refractivity contribution in [3.63, 3.8) is 0 Å². The Labute approximate surface area is 82.5 Å². The molecule has 0 fully saturated rings. The summed E-state index contributed by atoms with van der Waals surface area (Å²) in [4.78, 5) is 10.4. The zero-order chi connectivity index (χ0) is 10.0. The van der Waals surface area contributed by atoms with Crippen LogP contribution in [0.3, 0.4) is 0 Å². The van der Waals surface area contributed by atoms with Gasteiger partial charge in [0.25, 0.3) is 0 Å². The molecule has 0 unspecified atom stereocenters. The Balaban J connectivity index is 3.13. The van der Waals surface area contributed by atoms with Crippen molar-refractivity contribution in [1.82, 2.24) is 0 Å². The van der Waals surface area contributed by atoms with E-state index < -0.39 is 11.8 Å². The van der Waals surface area contributed by atoms with Crippen LogP contribution in [0.5, 0.6) is 0 Å². The van der Waals surface area contributed by atoms with Crippen LogP contribution in [0.4, 0.5) is 10.1 Å². The van der Waals surface area contributed by atoms with Crippen LogP contribution in [0.25, 0.3) is 0 Å². The van der Waals surface area contributed by atoms with Gasteiger partial charge >= 0.3 is 5.97 Å². The van der Waals surface area contributed by atoms with Crippen LogP contribution in [0, 0.1) is 5.82 Å². The van der Waals surface area contributed by atoms with E-state index >= 15 is 0 Å². The fourth-order valence-electron chi connectivity index (χ4n) is 0.961. The molecule has 3 nitrogen and oxygen atoms in total. The summed E-state index contributed by atoms with van der Waals surface area (Å²) >= 11 is 3.04. The zero-order valence-electron chi connectivity index (χ0n) is 6.55. The van der Waals surface area contributed by atoms with E-state index in [1.807, 2.05) is 0 Å². The molecule has 0 bridgehead atoms. The average molecular weight is 248 g/mol. The standard InChI is InChI=1S/C8H7BrFNO2/c9-6-1-4(10)2-7(11)5(6)3-8(12)13/h1-2H,3,11H2,(H,12,13). The molecule has 0 spiro atoms. The lowest BCUT2D eigenvalue weighted by molar-refractivity contribution is -0.136. The van der Waals surface area contributed by atoms with Crippen LogP contribution in [-0.4, -0.2) is 11.1 Å². The van der Waals surface area contributed by atoms with E-state index in [4.69, 9.17) is 10.8 Å². The summed E-state index contributed by atoms with van der Waals surface area (Å²) in [5, 5.41) is 8.51. The summed E-state index contributed by atoms with van der Waals surface area (Å²) in [6, 6.07) is 2.29. The van der Waals surface area contributed by atoms with Crippen molar-refractivity contribution >= 4 is 27.6 Å². The second-order valence-corrected chi connectivity index (χ2v) is 3.38. The number of carbonyl (C=O) groups is 1. The largest absolute Gasteiger partial charge is 0.481 e. The van der Waals surface area contributed by atoms with Crippen molar-refractivity contribution in [2.24, 2.45) is 0 Å². The molecule has 13 heavy (non-hydrogen) atoms. The number of carboxylic acid groups (broad SMARTS) is 1. The van der Waals surface area contributed by atoms with Gasteiger partial charge in [-0.3, -0.25) is 4.79 Å². The number of nitrogens with two attached hydrogens (primary N) is 1. The summed E-state index contributed by atoms with van der Waals surface area (Å²) in [6.45, 7) is 0. The molecule has 70 valence electrons. The third-order valence-corrected chi connectivity index (χ3v) is 2.23. The summed E-state index contributed by atoms with van der Waals surface area (Å²) in [5.41, 5.74) is 5.98. The first-order valence-electron chi connectivity index (χ1n) is 3.46. The molecule has 0 aliphatic heterocycles. The van der Waals surface area contributed by atoms with Crippen LogP contribution in [-0.2, 0) is 11.2 Å². The van der Waals surface area contributed by atoms with E-state index in [0.717, 1.165) is 6.07 Å². The average Bonchev–Trinajstić information content (AvgIpc) is 1.96. The van der Waals surface area contributed by atoms with Crippen molar-refractivity contribution in [3.05, 3.63) is 28.0 Å². The third kappa shape index (κ3) is 2.42. The molecule has 0 amide bonds. The van der Waals surface area contributed by atoms with E-state index in [1.54, 1.807) is 0 Å². The smallest absolute Gasteiger partial charge is 0.307 e. The van der Waals surface area contributed by atoms with E-state index in [-0.39, 0.29) is 12.1 Å². The van der Waals surface area contributed by atoms with Crippen molar-refractivity contribution in [2.75, 3.05) is 5.73 Å². The van der Waals surface area contributed by atoms with Crippen molar-refractivity contribution in [2.45, 2.75) is 6.42 Å². The van der Waals surface area contributed by atoms with Crippen LogP contribution < -0.4 is 5.73 Å². The van der Waals surface area contributed by atoms with Gasteiger partial charge in [0.1, 0.15) is 5.82 Å². The lowest BCUT2D eigenvalue weighted by Gasteiger charge is -2.05. The van der Waals surface area contributed by atoms with Gasteiger partial charge in [-0.2, -0.15) is 0 Å². The summed E-state index contributed by atoms with van der Waals surface area (Å²) in [5.74, 6) is -1.49. The summed E-state index contributed by atoms with van der Waals surface area (Å²) < 4.78 is 13.1. The van der Waals surface area contributed by atoms with Gasteiger partial charge in [0, 0.05) is 15.7 Å². The van der Waals surface area contributed by atoms with Crippen LogP contribution in [0.1, 0.15) is 5.56 Å². The normalized spacial score (nSPS) is 10.0. The van der Waals surface area contributed by atoms with Gasteiger partial charge in [-0.15, -0.1) is 0 Å². The number of hydrogen-bond acceptors (Lipinski definition) is 2. The molecule has 0 atom stereocenters. The first kappa shape index (κ1) is 9.98. The fraction of sp³-hybridized carbons (Fsp3) is 0.125. The monoisotopic (exact) mass is 247 g/mol. The number of aliphatic carboxylic acids is 1. The number of rotatable bonds is 2. The minimum absolute atomic E-state index is 0.147. The van der Waals surface area contributed by atoms with Gasteiger partial charge in [0.15, 0.2) is 0 Å². The number of hydrogen-bond donors (Lipinski definition) is 2. The maximum Gasteiger partial charge on any atom is 0.307 e. The van der Waals surface area contributed by atoms with Crippen molar-refractivity contribution in [3.8, 4) is 0 Å². The number of carboxylic acids is 1. The van der Waals surface area contributed by atoms with Gasteiger partial charge in [0.2, 0.25) is 0 Å². The molecule has 0 aliphatic carbocycles. The SMILES string of the molecule is Nc1cc(F)cc(Br)c1CC(=O)O. The highest BCUT2D eigenvalue weighted by atomic mass is 79.9. The lowest BCUT2D eigenvalue weighted by Crippen LogP contribution is -2.05. The Morgan fingerprint density at radius 1 is 1.62 bits per heavy atom. The van der Waals surface area contributed by atoms with Crippen molar-refractivity contribution in [1.29, 1.82) is 0 Å². The predicted molar refractivity (Wildman–Crippen MR) is 49.9 cm³/mol. The number of nitrogen functional groups attached to an aromatic ring is 1. The van der Waals surface area contributed by atoms with Gasteiger partial charge in [0.05, 0.1) is 6.42 Å². The Hall–Kier alpha value is -1.10. The van der Waals surface area contributed by atoms with Crippen LogP contribution in [0.2, 0.25) is 0 Å². The topological polar surface area (TPSA) is 63.3 Å². The molecule has 1 aromatic carbocycles. The first-order valence-corrected chi connectivity index (χ1v) is 4.25. The molecular weight excluding hydrogens is 241 g/mol. The highest BCUT2D eigenvalue weighted by Gasteiger charge is 2.10. The van der Waals surface area contributed by atoms with Gasteiger partial charge in [-0.25, -0.2) is 4.39 Å². The zero-order valence-corrected chi connectivity index (χ0v) is 8.14. The molecule has 0 radical (unpaired) electrons. The number of halogens is 2. The Bertz CT molecular complexity index is 331. The van der Waals surface area contributed by atoms with E-state index in [9.17, 15) is 9.18 Å². The van der Waals surface area contributed by atoms with E-state index in [1.165, 1.54) is 6.07 Å². The summed E-state index contributed by atoms with van der Waals surface area (Å²) in [6.07, 6.45) is -0.216. The summed E-state index contributed by atoms with van der Waals surface area (Å²) in [7, 11) is 0. The maximum absolute atomic E-state index is 12.7. The Kier molecular flexibility index (Phi) is 2.87. The second kappa shape index (κ2) is 3.74. The molecule has 1 aromatic rings. The molecule has 0 heterocycles. The maximum atomic E-state index is 12.7. The molecule has 5 heteroatoms. The molecular formula is C8H7BrFNO2. The van der Waals surface area contributed by atoms with Crippen LogP contribution >= 0.6 is 15.9 Å². The predicted octanol–water partition coefficient (Wildman–Crippen LogP) is 1.80. The molecule has 0 saturated heterocycles. The highest BCUT2D eigenvalue weighted by molar-refractivity contribution is 9.10. The highest BCUT2D eigenvalue weighted by Crippen LogP contribution is 2.24. The lowest BCUT2D eigenvalue weighted by atomic mass is 10.1. The molecule has 3 N–H and O–H groups in total. The van der Waals surface area contributed by atoms with E-state index in [0.29, 0.717) is 10.0 Å².